The van der Waals surface area contributed by atoms with Gasteiger partial charge in [0, 0.05) is 27.6 Å². The fourth-order valence-corrected chi connectivity index (χ4v) is 3.63. The molecule has 1 aromatic carbocycles. The number of thiophene rings is 1. The molecule has 1 aromatic heterocycles. The number of nitrogens with one attached hydrogen (secondary N) is 1. The molecule has 1 atom stereocenters. The average Bonchev–Trinajstić information content (AvgIpc) is 2.96. The SMILES string of the molecule is CCN(Cc1cccs1)c1ccc(C(C)NC)c(Br)c1. The summed E-state index contributed by atoms with van der Waals surface area (Å²) in [6.45, 7) is 6.35. The molecule has 0 saturated carbocycles. The van der Waals surface area contributed by atoms with Gasteiger partial charge in [0.1, 0.15) is 0 Å². The molecule has 0 radical (unpaired) electrons. The smallest absolute Gasteiger partial charge is 0.0522 e. The Bertz CT molecular complexity index is 539. The third kappa shape index (κ3) is 3.62. The Morgan fingerprint density at radius 3 is 2.70 bits per heavy atom. The summed E-state index contributed by atoms with van der Waals surface area (Å²) in [5.41, 5.74) is 2.56. The molecule has 0 fully saturated rings. The highest BCUT2D eigenvalue weighted by molar-refractivity contribution is 9.10. The second-order valence-electron chi connectivity index (χ2n) is 4.81. The minimum atomic E-state index is 0.353. The number of benzene rings is 1. The number of hydrogen-bond donors (Lipinski definition) is 1. The van der Waals surface area contributed by atoms with Crippen LogP contribution < -0.4 is 10.2 Å². The Hall–Kier alpha value is -0.840. The average molecular weight is 353 g/mol. The third-order valence-corrected chi connectivity index (χ3v) is 5.11. The van der Waals surface area contributed by atoms with Crippen LogP contribution in [0.2, 0.25) is 0 Å². The van der Waals surface area contributed by atoms with E-state index in [1.807, 2.05) is 18.4 Å². The Morgan fingerprint density at radius 2 is 2.15 bits per heavy atom. The van der Waals surface area contributed by atoms with Crippen LogP contribution >= 0.6 is 27.3 Å². The lowest BCUT2D eigenvalue weighted by molar-refractivity contribution is 0.649. The molecular weight excluding hydrogens is 332 g/mol. The van der Waals surface area contributed by atoms with E-state index in [9.17, 15) is 0 Å². The highest BCUT2D eigenvalue weighted by Gasteiger charge is 2.11. The van der Waals surface area contributed by atoms with Crippen LogP contribution in [0.3, 0.4) is 0 Å². The molecule has 0 aliphatic heterocycles. The molecule has 0 bridgehead atoms. The highest BCUT2D eigenvalue weighted by Crippen LogP contribution is 2.29. The quantitative estimate of drug-likeness (QED) is 0.801. The first-order valence-corrected chi connectivity index (χ1v) is 8.57. The van der Waals surface area contributed by atoms with Crippen LogP contribution in [0.1, 0.15) is 30.3 Å². The number of nitrogens with zero attached hydrogens (tertiary/aromatic N) is 1. The second-order valence-corrected chi connectivity index (χ2v) is 6.70. The van der Waals surface area contributed by atoms with E-state index in [2.05, 4.69) is 75.7 Å². The molecule has 0 amide bonds. The molecule has 1 unspecified atom stereocenters. The lowest BCUT2D eigenvalue weighted by Crippen LogP contribution is -2.21. The van der Waals surface area contributed by atoms with Crippen molar-refractivity contribution in [2.75, 3.05) is 18.5 Å². The predicted molar refractivity (Wildman–Crippen MR) is 92.7 cm³/mol. The van der Waals surface area contributed by atoms with Gasteiger partial charge in [-0.1, -0.05) is 28.1 Å². The topological polar surface area (TPSA) is 15.3 Å². The molecule has 108 valence electrons. The molecule has 0 saturated heterocycles. The molecule has 0 aliphatic rings. The molecule has 0 aliphatic carbocycles. The van der Waals surface area contributed by atoms with Gasteiger partial charge in [-0.05, 0) is 50.0 Å². The zero-order valence-corrected chi connectivity index (χ0v) is 14.6. The fraction of sp³-hybridized carbons (Fsp3) is 0.375. The molecule has 4 heteroatoms. The van der Waals surface area contributed by atoms with E-state index in [0.717, 1.165) is 13.1 Å². The number of hydrogen-bond acceptors (Lipinski definition) is 3. The van der Waals surface area contributed by atoms with Crippen molar-refractivity contribution in [3.8, 4) is 0 Å². The maximum atomic E-state index is 3.70. The summed E-state index contributed by atoms with van der Waals surface area (Å²) in [5.74, 6) is 0. The summed E-state index contributed by atoms with van der Waals surface area (Å²) >= 11 is 5.51. The summed E-state index contributed by atoms with van der Waals surface area (Å²) < 4.78 is 1.17. The fourth-order valence-electron chi connectivity index (χ4n) is 2.20. The van der Waals surface area contributed by atoms with Crippen molar-refractivity contribution < 1.29 is 0 Å². The summed E-state index contributed by atoms with van der Waals surface area (Å²) in [4.78, 5) is 3.79. The van der Waals surface area contributed by atoms with Crippen molar-refractivity contribution in [3.05, 3.63) is 50.6 Å². The van der Waals surface area contributed by atoms with Crippen molar-refractivity contribution in [1.29, 1.82) is 0 Å². The molecule has 2 nitrogen and oxygen atoms in total. The molecular formula is C16H21BrN2S. The van der Waals surface area contributed by atoms with Crippen molar-refractivity contribution >= 4 is 33.0 Å². The normalized spacial score (nSPS) is 12.4. The molecule has 20 heavy (non-hydrogen) atoms. The van der Waals surface area contributed by atoms with E-state index in [1.54, 1.807) is 0 Å². The largest absolute Gasteiger partial charge is 0.367 e. The predicted octanol–water partition coefficient (Wildman–Crippen LogP) is 4.82. The van der Waals surface area contributed by atoms with Gasteiger partial charge >= 0.3 is 0 Å². The minimum Gasteiger partial charge on any atom is -0.367 e. The molecule has 1 N–H and O–H groups in total. The molecule has 0 spiro atoms. The monoisotopic (exact) mass is 352 g/mol. The van der Waals surface area contributed by atoms with Crippen LogP contribution in [-0.4, -0.2) is 13.6 Å². The highest BCUT2D eigenvalue weighted by atomic mass is 79.9. The number of anilines is 1. The first-order valence-electron chi connectivity index (χ1n) is 6.89. The van der Waals surface area contributed by atoms with Crippen LogP contribution in [0.25, 0.3) is 0 Å². The van der Waals surface area contributed by atoms with Gasteiger partial charge in [0.25, 0.3) is 0 Å². The van der Waals surface area contributed by atoms with E-state index < -0.39 is 0 Å². The molecule has 1 heterocycles. The van der Waals surface area contributed by atoms with Crippen molar-refractivity contribution in [3.63, 3.8) is 0 Å². The van der Waals surface area contributed by atoms with Crippen LogP contribution in [0, 0.1) is 0 Å². The Kier molecular flexibility index (Phi) is 5.64. The van der Waals surface area contributed by atoms with Crippen LogP contribution in [0.4, 0.5) is 5.69 Å². The number of rotatable bonds is 6. The van der Waals surface area contributed by atoms with Gasteiger partial charge in [-0.2, -0.15) is 0 Å². The Balaban J connectivity index is 2.20. The van der Waals surface area contributed by atoms with Crippen LogP contribution in [-0.2, 0) is 6.54 Å². The lowest BCUT2D eigenvalue weighted by Gasteiger charge is -2.24. The molecule has 2 rings (SSSR count). The standard InChI is InChI=1S/C16H21BrN2S/c1-4-19(11-14-6-5-9-20-14)13-7-8-15(12(2)18-3)16(17)10-13/h5-10,12,18H,4,11H2,1-3H3. The van der Waals surface area contributed by atoms with Crippen molar-refractivity contribution in [1.82, 2.24) is 5.32 Å². The van der Waals surface area contributed by atoms with Gasteiger partial charge in [-0.15, -0.1) is 11.3 Å². The van der Waals surface area contributed by atoms with E-state index in [1.165, 1.54) is 20.6 Å². The Morgan fingerprint density at radius 1 is 1.35 bits per heavy atom. The summed E-state index contributed by atoms with van der Waals surface area (Å²) in [6, 6.07) is 11.3. The number of halogens is 1. The summed E-state index contributed by atoms with van der Waals surface area (Å²) in [5, 5.41) is 5.41. The van der Waals surface area contributed by atoms with Gasteiger partial charge in [0.15, 0.2) is 0 Å². The van der Waals surface area contributed by atoms with E-state index in [-0.39, 0.29) is 0 Å². The van der Waals surface area contributed by atoms with Gasteiger partial charge in [-0.25, -0.2) is 0 Å². The molecule has 2 aromatic rings. The first kappa shape index (κ1) is 15.5. The first-order chi connectivity index (χ1) is 9.65. The van der Waals surface area contributed by atoms with Gasteiger partial charge < -0.3 is 10.2 Å². The van der Waals surface area contributed by atoms with Gasteiger partial charge in [-0.3, -0.25) is 0 Å². The second kappa shape index (κ2) is 7.25. The van der Waals surface area contributed by atoms with Gasteiger partial charge in [0.2, 0.25) is 0 Å². The summed E-state index contributed by atoms with van der Waals surface area (Å²) in [6.07, 6.45) is 0. The third-order valence-electron chi connectivity index (χ3n) is 3.56. The maximum absolute atomic E-state index is 3.70. The van der Waals surface area contributed by atoms with E-state index >= 15 is 0 Å². The zero-order valence-electron chi connectivity index (χ0n) is 12.2. The van der Waals surface area contributed by atoms with Gasteiger partial charge in [0.05, 0.1) is 6.54 Å². The van der Waals surface area contributed by atoms with Crippen LogP contribution in [0.15, 0.2) is 40.2 Å². The summed E-state index contributed by atoms with van der Waals surface area (Å²) in [7, 11) is 1.99. The van der Waals surface area contributed by atoms with E-state index in [0.29, 0.717) is 6.04 Å². The van der Waals surface area contributed by atoms with Crippen molar-refractivity contribution in [2.24, 2.45) is 0 Å². The van der Waals surface area contributed by atoms with E-state index in [4.69, 9.17) is 0 Å². The maximum Gasteiger partial charge on any atom is 0.0522 e. The van der Waals surface area contributed by atoms with Crippen molar-refractivity contribution in [2.45, 2.75) is 26.4 Å². The minimum absolute atomic E-state index is 0.353. The lowest BCUT2D eigenvalue weighted by atomic mass is 10.1. The van der Waals surface area contributed by atoms with Crippen LogP contribution in [0.5, 0.6) is 0 Å². The Labute approximate surface area is 133 Å². The zero-order chi connectivity index (χ0) is 14.5.